The lowest BCUT2D eigenvalue weighted by molar-refractivity contribution is -0.289. The van der Waals surface area contributed by atoms with Gasteiger partial charge in [-0.15, -0.1) is 0 Å². The van der Waals surface area contributed by atoms with Crippen LogP contribution in [0.2, 0.25) is 0 Å². The molecule has 2 rings (SSSR count). The predicted octanol–water partition coefficient (Wildman–Crippen LogP) is 4.59. The third kappa shape index (κ3) is 3.24. The molecule has 0 aliphatic rings. The molecule has 0 aliphatic carbocycles. The van der Waals surface area contributed by atoms with E-state index in [4.69, 9.17) is 0 Å². The van der Waals surface area contributed by atoms with Crippen molar-refractivity contribution in [2.45, 2.75) is 12.1 Å². The summed E-state index contributed by atoms with van der Waals surface area (Å²) in [4.78, 5) is 11.8. The van der Waals surface area contributed by atoms with Crippen molar-refractivity contribution in [2.75, 3.05) is 5.32 Å². The molecule has 0 saturated carbocycles. The van der Waals surface area contributed by atoms with Crippen LogP contribution < -0.4 is 5.32 Å². The van der Waals surface area contributed by atoms with Gasteiger partial charge in [0.05, 0.1) is 0 Å². The van der Waals surface area contributed by atoms with Crippen LogP contribution in [-0.2, 0) is 5.92 Å². The van der Waals surface area contributed by atoms with Crippen molar-refractivity contribution < 1.29 is 26.7 Å². The fraction of sp³-hybridized carbons (Fsp3) is 0.133. The Bertz CT molecular complexity index is 650. The second kappa shape index (κ2) is 5.75. The summed E-state index contributed by atoms with van der Waals surface area (Å²) in [6.45, 7) is 0. The Morgan fingerprint density at radius 3 is 1.86 bits per heavy atom. The number of amides is 1. The number of rotatable bonds is 3. The minimum absolute atomic E-state index is 0.121. The van der Waals surface area contributed by atoms with Gasteiger partial charge < -0.3 is 5.32 Å². The van der Waals surface area contributed by atoms with E-state index in [0.717, 1.165) is 12.1 Å². The van der Waals surface area contributed by atoms with E-state index in [1.54, 1.807) is 30.3 Å². The number of hydrogen-bond acceptors (Lipinski definition) is 1. The molecular weight excluding hydrogens is 305 g/mol. The average molecular weight is 315 g/mol. The van der Waals surface area contributed by atoms with Crippen LogP contribution in [0, 0.1) is 0 Å². The number of nitrogens with one attached hydrogen (secondary N) is 1. The number of benzene rings is 2. The summed E-state index contributed by atoms with van der Waals surface area (Å²) in [6.07, 6.45) is -5.66. The SMILES string of the molecule is O=C(Nc1ccc(C(F)(F)C(F)(F)F)cc1)c1ccccc1. The Labute approximate surface area is 122 Å². The summed E-state index contributed by atoms with van der Waals surface area (Å²) < 4.78 is 62.9. The Balaban J connectivity index is 2.15. The predicted molar refractivity (Wildman–Crippen MR) is 70.8 cm³/mol. The van der Waals surface area contributed by atoms with Gasteiger partial charge in [0.2, 0.25) is 0 Å². The largest absolute Gasteiger partial charge is 0.458 e. The highest BCUT2D eigenvalue weighted by molar-refractivity contribution is 6.04. The van der Waals surface area contributed by atoms with Gasteiger partial charge in [0.25, 0.3) is 5.91 Å². The Hall–Kier alpha value is -2.44. The Kier molecular flexibility index (Phi) is 4.16. The zero-order valence-corrected chi connectivity index (χ0v) is 11.0. The fourth-order valence-corrected chi connectivity index (χ4v) is 1.72. The molecule has 7 heteroatoms. The first kappa shape index (κ1) is 15.9. The number of carbonyl (C=O) groups excluding carboxylic acids is 1. The molecular formula is C15H10F5NO. The first-order chi connectivity index (χ1) is 10.2. The minimum atomic E-state index is -5.66. The van der Waals surface area contributed by atoms with Crippen LogP contribution in [0.15, 0.2) is 54.6 Å². The zero-order chi connectivity index (χ0) is 16.4. The van der Waals surface area contributed by atoms with Gasteiger partial charge >= 0.3 is 12.1 Å². The van der Waals surface area contributed by atoms with Crippen molar-refractivity contribution in [3.05, 3.63) is 65.7 Å². The van der Waals surface area contributed by atoms with Crippen molar-refractivity contribution in [1.82, 2.24) is 0 Å². The quantitative estimate of drug-likeness (QED) is 0.825. The maximum Gasteiger partial charge on any atom is 0.458 e. The molecule has 0 spiro atoms. The van der Waals surface area contributed by atoms with Crippen LogP contribution in [0.5, 0.6) is 0 Å². The molecule has 2 aromatic carbocycles. The van der Waals surface area contributed by atoms with Gasteiger partial charge in [-0.05, 0) is 24.3 Å². The fourth-order valence-electron chi connectivity index (χ4n) is 1.72. The molecule has 2 nitrogen and oxygen atoms in total. The molecule has 116 valence electrons. The number of hydrogen-bond donors (Lipinski definition) is 1. The van der Waals surface area contributed by atoms with Gasteiger partial charge in [-0.3, -0.25) is 4.79 Å². The third-order valence-corrected chi connectivity index (χ3v) is 2.90. The zero-order valence-electron chi connectivity index (χ0n) is 11.0. The molecule has 0 aliphatic heterocycles. The van der Waals surface area contributed by atoms with Gasteiger partial charge in [-0.25, -0.2) is 0 Å². The highest BCUT2D eigenvalue weighted by atomic mass is 19.4. The molecule has 0 unspecified atom stereocenters. The number of anilines is 1. The molecule has 1 N–H and O–H groups in total. The van der Waals surface area contributed by atoms with E-state index in [-0.39, 0.29) is 5.69 Å². The molecule has 0 atom stereocenters. The first-order valence-electron chi connectivity index (χ1n) is 6.13. The van der Waals surface area contributed by atoms with Gasteiger partial charge in [0, 0.05) is 16.8 Å². The lowest BCUT2D eigenvalue weighted by Crippen LogP contribution is -2.33. The Morgan fingerprint density at radius 2 is 1.36 bits per heavy atom. The van der Waals surface area contributed by atoms with Gasteiger partial charge in [0.15, 0.2) is 0 Å². The van der Waals surface area contributed by atoms with E-state index in [2.05, 4.69) is 5.32 Å². The van der Waals surface area contributed by atoms with Crippen LogP contribution in [0.1, 0.15) is 15.9 Å². The van der Waals surface area contributed by atoms with Gasteiger partial charge in [0.1, 0.15) is 0 Å². The normalized spacial score (nSPS) is 12.0. The lowest BCUT2D eigenvalue weighted by atomic mass is 10.1. The molecule has 0 saturated heterocycles. The molecule has 0 bridgehead atoms. The van der Waals surface area contributed by atoms with Crippen molar-refractivity contribution in [1.29, 1.82) is 0 Å². The lowest BCUT2D eigenvalue weighted by Gasteiger charge is -2.20. The molecule has 0 fully saturated rings. The van der Waals surface area contributed by atoms with Crippen molar-refractivity contribution in [3.63, 3.8) is 0 Å². The van der Waals surface area contributed by atoms with Gasteiger partial charge in [-0.2, -0.15) is 22.0 Å². The Morgan fingerprint density at radius 1 is 0.818 bits per heavy atom. The molecule has 0 aromatic heterocycles. The van der Waals surface area contributed by atoms with E-state index in [0.29, 0.717) is 17.7 Å². The van der Waals surface area contributed by atoms with Crippen molar-refractivity contribution in [3.8, 4) is 0 Å². The van der Waals surface area contributed by atoms with Crippen molar-refractivity contribution in [2.24, 2.45) is 0 Å². The summed E-state index contributed by atoms with van der Waals surface area (Å²) in [5.41, 5.74) is -0.722. The number of carbonyl (C=O) groups is 1. The number of alkyl halides is 5. The third-order valence-electron chi connectivity index (χ3n) is 2.90. The molecule has 22 heavy (non-hydrogen) atoms. The topological polar surface area (TPSA) is 29.1 Å². The number of halogens is 5. The first-order valence-corrected chi connectivity index (χ1v) is 6.13. The smallest absolute Gasteiger partial charge is 0.322 e. The maximum absolute atomic E-state index is 13.1. The molecule has 0 radical (unpaired) electrons. The van der Waals surface area contributed by atoms with Crippen LogP contribution in [0.3, 0.4) is 0 Å². The molecule has 0 heterocycles. The van der Waals surface area contributed by atoms with E-state index >= 15 is 0 Å². The van der Waals surface area contributed by atoms with Crippen molar-refractivity contribution >= 4 is 11.6 Å². The van der Waals surface area contributed by atoms with Crippen LogP contribution in [0.4, 0.5) is 27.6 Å². The van der Waals surface area contributed by atoms with E-state index in [1.165, 1.54) is 0 Å². The van der Waals surface area contributed by atoms with Crippen LogP contribution in [-0.4, -0.2) is 12.1 Å². The van der Waals surface area contributed by atoms with E-state index in [9.17, 15) is 26.7 Å². The van der Waals surface area contributed by atoms with Crippen LogP contribution >= 0.6 is 0 Å². The maximum atomic E-state index is 13.1. The van der Waals surface area contributed by atoms with E-state index in [1.807, 2.05) is 0 Å². The highest BCUT2D eigenvalue weighted by Crippen LogP contribution is 2.43. The van der Waals surface area contributed by atoms with E-state index < -0.39 is 23.6 Å². The summed E-state index contributed by atoms with van der Waals surface area (Å²) in [5, 5.41) is 2.41. The monoisotopic (exact) mass is 315 g/mol. The minimum Gasteiger partial charge on any atom is -0.322 e. The molecule has 2 aromatic rings. The highest BCUT2D eigenvalue weighted by Gasteiger charge is 2.58. The summed E-state index contributed by atoms with van der Waals surface area (Å²) in [5.74, 6) is -5.43. The van der Waals surface area contributed by atoms with Crippen LogP contribution in [0.25, 0.3) is 0 Å². The summed E-state index contributed by atoms with van der Waals surface area (Å²) in [7, 11) is 0. The standard InChI is InChI=1S/C15H10F5NO/c16-14(17,15(18,19)20)11-6-8-12(9-7-11)21-13(22)10-4-2-1-3-5-10/h1-9H,(H,21,22). The summed E-state index contributed by atoms with van der Waals surface area (Å²) >= 11 is 0. The van der Waals surface area contributed by atoms with Gasteiger partial charge in [-0.1, -0.05) is 30.3 Å². The summed E-state index contributed by atoms with van der Waals surface area (Å²) in [6, 6.07) is 11.3. The second-order valence-electron chi connectivity index (χ2n) is 4.47. The average Bonchev–Trinajstić information content (AvgIpc) is 2.47. The second-order valence-corrected chi connectivity index (χ2v) is 4.47. The molecule has 1 amide bonds.